The Hall–Kier alpha value is -0.176. The molecule has 1 unspecified atom stereocenters. The maximum atomic E-state index is 13.5. The van der Waals surface area contributed by atoms with Crippen molar-refractivity contribution >= 4 is 23.6 Å². The molecule has 6 heteroatoms. The predicted molar refractivity (Wildman–Crippen MR) is 109 cm³/mol. The standard InChI is InChI=1S/C19H41O4Si2/c1-14-19(11,24(21-12)22-13)15(20)23-25(16(2,3)4,17(5,6)7)18(8,9)10/h14H2,1-13H3. The Morgan fingerprint density at radius 3 is 1.32 bits per heavy atom. The first kappa shape index (κ1) is 24.8. The molecule has 0 fully saturated rings. The molecule has 0 spiro atoms. The van der Waals surface area contributed by atoms with Gasteiger partial charge in [0.2, 0.25) is 0 Å². The van der Waals surface area contributed by atoms with Gasteiger partial charge in [-0.2, -0.15) is 0 Å². The Kier molecular flexibility index (Phi) is 7.77. The minimum atomic E-state index is -2.61. The number of carbonyl (C=O) groups excluding carboxylic acids is 1. The van der Waals surface area contributed by atoms with Gasteiger partial charge in [0.15, 0.2) is 0 Å². The van der Waals surface area contributed by atoms with Crippen molar-refractivity contribution in [3.05, 3.63) is 0 Å². The van der Waals surface area contributed by atoms with Gasteiger partial charge >= 0.3 is 9.28 Å². The van der Waals surface area contributed by atoms with E-state index in [4.69, 9.17) is 13.3 Å². The summed E-state index contributed by atoms with van der Waals surface area (Å²) in [4.78, 5) is 13.5. The summed E-state index contributed by atoms with van der Waals surface area (Å²) in [5, 5.41) is -1.07. The van der Waals surface area contributed by atoms with Crippen LogP contribution in [0.1, 0.15) is 82.6 Å². The molecule has 0 aliphatic rings. The highest BCUT2D eigenvalue weighted by Gasteiger charge is 2.66. The average molecular weight is 390 g/mol. The van der Waals surface area contributed by atoms with E-state index in [9.17, 15) is 4.79 Å². The molecule has 0 amide bonds. The van der Waals surface area contributed by atoms with Crippen LogP contribution in [-0.2, 0) is 18.1 Å². The number of carbonyl (C=O) groups is 1. The van der Waals surface area contributed by atoms with Crippen LogP contribution in [0.2, 0.25) is 20.2 Å². The molecular weight excluding hydrogens is 348 g/mol. The van der Waals surface area contributed by atoms with E-state index in [0.717, 1.165) is 0 Å². The van der Waals surface area contributed by atoms with E-state index in [-0.39, 0.29) is 21.1 Å². The quantitative estimate of drug-likeness (QED) is 0.536. The van der Waals surface area contributed by atoms with Crippen molar-refractivity contribution in [1.29, 1.82) is 0 Å². The zero-order chi connectivity index (χ0) is 20.5. The molecule has 0 aromatic rings. The first-order valence-electron chi connectivity index (χ1n) is 9.15. The van der Waals surface area contributed by atoms with Gasteiger partial charge in [-0.25, -0.2) is 0 Å². The lowest BCUT2D eigenvalue weighted by molar-refractivity contribution is -0.140. The number of rotatable bonds is 6. The summed E-state index contributed by atoms with van der Waals surface area (Å²) < 4.78 is 17.7. The van der Waals surface area contributed by atoms with Gasteiger partial charge in [-0.1, -0.05) is 69.2 Å². The second-order valence-corrected chi connectivity index (χ2v) is 18.8. The van der Waals surface area contributed by atoms with Crippen molar-refractivity contribution in [3.8, 4) is 0 Å². The van der Waals surface area contributed by atoms with Gasteiger partial charge in [0, 0.05) is 14.2 Å². The SMILES string of the molecule is CCC(C)(C(=O)O[Si](C(C)(C)C)(C(C)(C)C)C(C)(C)C)[Si](OC)OC. The Bertz CT molecular complexity index is 417. The van der Waals surface area contributed by atoms with Gasteiger partial charge in [0.1, 0.15) is 5.04 Å². The molecule has 0 aromatic heterocycles. The van der Waals surface area contributed by atoms with Crippen LogP contribution in [0.4, 0.5) is 0 Å². The van der Waals surface area contributed by atoms with E-state index in [1.165, 1.54) is 0 Å². The highest BCUT2D eigenvalue weighted by atomic mass is 28.4. The lowest BCUT2D eigenvalue weighted by atomic mass is 10.1. The first-order valence-corrected chi connectivity index (χ1v) is 12.4. The van der Waals surface area contributed by atoms with Crippen LogP contribution in [0.5, 0.6) is 0 Å². The second-order valence-electron chi connectivity index (χ2n) is 10.2. The Morgan fingerprint density at radius 1 is 0.800 bits per heavy atom. The minimum Gasteiger partial charge on any atom is -0.517 e. The van der Waals surface area contributed by atoms with E-state index >= 15 is 0 Å². The molecule has 0 rings (SSSR count). The molecule has 0 aromatic carbocycles. The maximum Gasteiger partial charge on any atom is 0.402 e. The minimum absolute atomic E-state index is 0.110. The largest absolute Gasteiger partial charge is 0.517 e. The van der Waals surface area contributed by atoms with Crippen LogP contribution in [0.3, 0.4) is 0 Å². The van der Waals surface area contributed by atoms with Gasteiger partial charge in [-0.05, 0) is 28.5 Å². The third kappa shape index (κ3) is 4.39. The van der Waals surface area contributed by atoms with Crippen molar-refractivity contribution in [2.75, 3.05) is 14.2 Å². The van der Waals surface area contributed by atoms with Crippen molar-refractivity contribution in [1.82, 2.24) is 0 Å². The molecule has 0 saturated carbocycles. The molecule has 149 valence electrons. The second kappa shape index (κ2) is 7.83. The van der Waals surface area contributed by atoms with Crippen LogP contribution in [0.25, 0.3) is 0 Å². The molecule has 0 aliphatic carbocycles. The first-order chi connectivity index (χ1) is 11.0. The highest BCUT2D eigenvalue weighted by Crippen LogP contribution is 2.63. The van der Waals surface area contributed by atoms with Gasteiger partial charge in [-0.15, -0.1) is 0 Å². The fourth-order valence-corrected chi connectivity index (χ4v) is 14.8. The fourth-order valence-electron chi connectivity index (χ4n) is 4.99. The van der Waals surface area contributed by atoms with Crippen molar-refractivity contribution in [2.45, 2.75) is 103 Å². The summed E-state index contributed by atoms with van der Waals surface area (Å²) in [6.45, 7) is 23.8. The Balaban J connectivity index is 6.36. The van der Waals surface area contributed by atoms with Crippen LogP contribution in [0.15, 0.2) is 0 Å². The predicted octanol–water partition coefficient (Wildman–Crippen LogP) is 5.83. The van der Waals surface area contributed by atoms with Gasteiger partial charge in [-0.3, -0.25) is 4.79 Å². The summed E-state index contributed by atoms with van der Waals surface area (Å²) in [5.74, 6) is -0.168. The average Bonchev–Trinajstić information content (AvgIpc) is 2.40. The highest BCUT2D eigenvalue weighted by molar-refractivity contribution is 6.83. The van der Waals surface area contributed by atoms with Crippen LogP contribution >= 0.6 is 0 Å². The molecule has 1 atom stereocenters. The van der Waals surface area contributed by atoms with E-state index in [1.54, 1.807) is 14.2 Å². The zero-order valence-electron chi connectivity index (χ0n) is 18.8. The molecule has 0 bridgehead atoms. The summed E-state index contributed by atoms with van der Waals surface area (Å²) in [6.07, 6.45) is 0.630. The van der Waals surface area contributed by atoms with Crippen LogP contribution in [0, 0.1) is 0 Å². The number of hydrogen-bond donors (Lipinski definition) is 0. The van der Waals surface area contributed by atoms with E-state index < -0.39 is 22.6 Å². The molecule has 0 heterocycles. The van der Waals surface area contributed by atoms with E-state index in [0.29, 0.717) is 6.42 Å². The molecule has 0 saturated heterocycles. The number of hydrogen-bond acceptors (Lipinski definition) is 4. The van der Waals surface area contributed by atoms with Gasteiger partial charge in [0.25, 0.3) is 14.3 Å². The monoisotopic (exact) mass is 389 g/mol. The summed E-state index contributed by atoms with van der Waals surface area (Å²) in [5.41, 5.74) is 0. The summed E-state index contributed by atoms with van der Waals surface area (Å²) >= 11 is 0. The summed E-state index contributed by atoms with van der Waals surface area (Å²) in [6, 6.07) is 0. The molecule has 25 heavy (non-hydrogen) atoms. The molecule has 1 radical (unpaired) electrons. The lowest BCUT2D eigenvalue weighted by Crippen LogP contribution is -2.63. The van der Waals surface area contributed by atoms with Crippen LogP contribution in [-0.4, -0.2) is 37.8 Å². The lowest BCUT2D eigenvalue weighted by Gasteiger charge is -2.57. The van der Waals surface area contributed by atoms with Crippen molar-refractivity contribution < 1.29 is 18.1 Å². The maximum absolute atomic E-state index is 13.5. The smallest absolute Gasteiger partial charge is 0.402 e. The van der Waals surface area contributed by atoms with Crippen molar-refractivity contribution in [3.63, 3.8) is 0 Å². The van der Waals surface area contributed by atoms with Crippen LogP contribution < -0.4 is 0 Å². The Morgan fingerprint density at radius 2 is 1.12 bits per heavy atom. The topological polar surface area (TPSA) is 44.8 Å². The fraction of sp³-hybridized carbons (Fsp3) is 0.947. The Labute approximate surface area is 159 Å². The van der Waals surface area contributed by atoms with Gasteiger partial charge in [0.05, 0.1) is 0 Å². The summed E-state index contributed by atoms with van der Waals surface area (Å²) in [7, 11) is -1.15. The van der Waals surface area contributed by atoms with E-state index in [2.05, 4.69) is 62.3 Å². The molecular formula is C19H41O4Si2. The third-order valence-electron chi connectivity index (χ3n) is 5.39. The molecule has 0 N–H and O–H groups in total. The normalized spacial score (nSPS) is 16.7. The van der Waals surface area contributed by atoms with Gasteiger partial charge < -0.3 is 13.3 Å². The molecule has 0 aliphatic heterocycles. The van der Waals surface area contributed by atoms with Crippen molar-refractivity contribution in [2.24, 2.45) is 0 Å². The molecule has 4 nitrogen and oxygen atoms in total. The third-order valence-corrected chi connectivity index (χ3v) is 14.4. The zero-order valence-corrected chi connectivity index (χ0v) is 20.8. The van der Waals surface area contributed by atoms with E-state index in [1.807, 2.05) is 13.8 Å².